The molecule has 2 rings (SSSR count). The van der Waals surface area contributed by atoms with E-state index in [2.05, 4.69) is 4.98 Å². The van der Waals surface area contributed by atoms with Crippen molar-refractivity contribution in [3.63, 3.8) is 0 Å². The third-order valence-corrected chi connectivity index (χ3v) is 3.89. The molecule has 0 aliphatic heterocycles. The summed E-state index contributed by atoms with van der Waals surface area (Å²) in [6.45, 7) is 5.16. The van der Waals surface area contributed by atoms with Crippen molar-refractivity contribution in [1.82, 2.24) is 9.55 Å². The number of pyridine rings is 1. The lowest BCUT2D eigenvalue weighted by Crippen LogP contribution is -2.25. The van der Waals surface area contributed by atoms with E-state index < -0.39 is 0 Å². The van der Waals surface area contributed by atoms with E-state index in [1.54, 1.807) is 11.7 Å². The smallest absolute Gasteiger partial charge is 0.260 e. The van der Waals surface area contributed by atoms with Gasteiger partial charge in [-0.15, -0.1) is 11.3 Å². The van der Waals surface area contributed by atoms with Crippen molar-refractivity contribution in [2.24, 2.45) is 0 Å². The van der Waals surface area contributed by atoms with Gasteiger partial charge in [0.25, 0.3) is 5.56 Å². The molecule has 5 nitrogen and oxygen atoms in total. The summed E-state index contributed by atoms with van der Waals surface area (Å²) in [6.07, 6.45) is 0.805. The standard InChI is InChI=1S/C14H19N3O2S/c1-9-7-10(2)17(5-4-6-19-3)13(18)12(9)11-8-20-14(15)16-11/h7-8H,4-6H2,1-3H3,(H2,15,16). The number of ether oxygens (including phenoxy) is 1. The first-order valence-corrected chi connectivity index (χ1v) is 7.34. The maximum absolute atomic E-state index is 12.7. The Morgan fingerprint density at radius 3 is 2.80 bits per heavy atom. The Kier molecular flexibility index (Phi) is 4.57. The molecule has 0 saturated carbocycles. The van der Waals surface area contributed by atoms with Crippen LogP contribution >= 0.6 is 11.3 Å². The maximum Gasteiger partial charge on any atom is 0.260 e. The van der Waals surface area contributed by atoms with Gasteiger partial charge in [-0.3, -0.25) is 4.79 Å². The second-order valence-electron chi connectivity index (χ2n) is 4.72. The molecule has 0 radical (unpaired) electrons. The fraction of sp³-hybridized carbons (Fsp3) is 0.429. The van der Waals surface area contributed by atoms with Gasteiger partial charge in [0.1, 0.15) is 0 Å². The number of nitrogens with zero attached hydrogens (tertiary/aromatic N) is 2. The predicted molar refractivity (Wildman–Crippen MR) is 82.2 cm³/mol. The van der Waals surface area contributed by atoms with E-state index in [0.717, 1.165) is 17.7 Å². The Hall–Kier alpha value is -1.66. The maximum atomic E-state index is 12.7. The minimum Gasteiger partial charge on any atom is -0.385 e. The highest BCUT2D eigenvalue weighted by atomic mass is 32.1. The number of aryl methyl sites for hydroxylation is 2. The molecule has 0 saturated heterocycles. The number of hydrogen-bond donors (Lipinski definition) is 1. The largest absolute Gasteiger partial charge is 0.385 e. The van der Waals surface area contributed by atoms with Gasteiger partial charge in [-0.2, -0.15) is 0 Å². The first-order valence-electron chi connectivity index (χ1n) is 6.46. The second-order valence-corrected chi connectivity index (χ2v) is 5.61. The van der Waals surface area contributed by atoms with Gasteiger partial charge >= 0.3 is 0 Å². The van der Waals surface area contributed by atoms with Crippen molar-refractivity contribution in [3.8, 4) is 11.3 Å². The van der Waals surface area contributed by atoms with E-state index in [0.29, 0.717) is 29.5 Å². The van der Waals surface area contributed by atoms with E-state index >= 15 is 0 Å². The Morgan fingerprint density at radius 1 is 1.45 bits per heavy atom. The molecule has 0 bridgehead atoms. The summed E-state index contributed by atoms with van der Waals surface area (Å²) in [5, 5.41) is 2.30. The van der Waals surface area contributed by atoms with Gasteiger partial charge in [0.2, 0.25) is 0 Å². The number of rotatable bonds is 5. The Balaban J connectivity index is 2.47. The molecule has 0 aliphatic rings. The zero-order valence-corrected chi connectivity index (χ0v) is 12.8. The van der Waals surface area contributed by atoms with Crippen LogP contribution in [0.25, 0.3) is 11.3 Å². The van der Waals surface area contributed by atoms with Crippen LogP contribution in [0.15, 0.2) is 16.2 Å². The van der Waals surface area contributed by atoms with Gasteiger partial charge in [-0.25, -0.2) is 4.98 Å². The predicted octanol–water partition coefficient (Wildman–Crippen LogP) is 2.21. The van der Waals surface area contributed by atoms with Crippen molar-refractivity contribution >= 4 is 16.5 Å². The van der Waals surface area contributed by atoms with E-state index in [9.17, 15) is 4.79 Å². The van der Waals surface area contributed by atoms with Crippen molar-refractivity contribution in [3.05, 3.63) is 33.1 Å². The fourth-order valence-corrected chi connectivity index (χ4v) is 2.84. The summed E-state index contributed by atoms with van der Waals surface area (Å²) in [5.74, 6) is 0. The molecule has 0 aliphatic carbocycles. The van der Waals surface area contributed by atoms with Crippen LogP contribution in [-0.2, 0) is 11.3 Å². The highest BCUT2D eigenvalue weighted by molar-refractivity contribution is 7.13. The van der Waals surface area contributed by atoms with Gasteiger partial charge in [0.05, 0.1) is 11.3 Å². The minimum atomic E-state index is -0.0103. The molecule has 0 amide bonds. The molecule has 0 aromatic carbocycles. The van der Waals surface area contributed by atoms with Gasteiger partial charge in [-0.1, -0.05) is 0 Å². The fourth-order valence-electron chi connectivity index (χ4n) is 2.29. The molecule has 2 N–H and O–H groups in total. The molecule has 108 valence electrons. The van der Waals surface area contributed by atoms with Crippen LogP contribution in [0.1, 0.15) is 17.7 Å². The van der Waals surface area contributed by atoms with E-state index in [4.69, 9.17) is 10.5 Å². The van der Waals surface area contributed by atoms with Gasteiger partial charge in [0, 0.05) is 31.3 Å². The zero-order valence-electron chi connectivity index (χ0n) is 12.0. The van der Waals surface area contributed by atoms with Gasteiger partial charge in [-0.05, 0) is 31.9 Å². The highest BCUT2D eigenvalue weighted by Gasteiger charge is 2.14. The number of hydrogen-bond acceptors (Lipinski definition) is 5. The first-order chi connectivity index (χ1) is 9.54. The number of methoxy groups -OCH3 is 1. The van der Waals surface area contributed by atoms with Crippen LogP contribution in [-0.4, -0.2) is 23.3 Å². The van der Waals surface area contributed by atoms with Crippen molar-refractivity contribution in [2.45, 2.75) is 26.8 Å². The average Bonchev–Trinajstić information content (AvgIpc) is 2.79. The van der Waals surface area contributed by atoms with E-state index in [1.165, 1.54) is 11.3 Å². The van der Waals surface area contributed by atoms with Crippen LogP contribution in [0.3, 0.4) is 0 Å². The summed E-state index contributed by atoms with van der Waals surface area (Å²) in [6, 6.07) is 2.01. The number of nitrogens with two attached hydrogens (primary N) is 1. The Labute approximate surface area is 122 Å². The van der Waals surface area contributed by atoms with Crippen molar-refractivity contribution in [2.75, 3.05) is 19.5 Å². The highest BCUT2D eigenvalue weighted by Crippen LogP contribution is 2.23. The minimum absolute atomic E-state index is 0.0103. The quantitative estimate of drug-likeness (QED) is 0.858. The Morgan fingerprint density at radius 2 is 2.20 bits per heavy atom. The summed E-state index contributed by atoms with van der Waals surface area (Å²) >= 11 is 1.35. The monoisotopic (exact) mass is 293 g/mol. The van der Waals surface area contributed by atoms with Crippen LogP contribution in [0, 0.1) is 13.8 Å². The van der Waals surface area contributed by atoms with Crippen LogP contribution < -0.4 is 11.3 Å². The van der Waals surface area contributed by atoms with Gasteiger partial charge < -0.3 is 15.0 Å². The summed E-state index contributed by atoms with van der Waals surface area (Å²) in [7, 11) is 1.66. The van der Waals surface area contributed by atoms with E-state index in [-0.39, 0.29) is 5.56 Å². The van der Waals surface area contributed by atoms with Crippen molar-refractivity contribution in [1.29, 1.82) is 0 Å². The summed E-state index contributed by atoms with van der Waals surface area (Å²) in [4.78, 5) is 16.9. The molecule has 0 spiro atoms. The van der Waals surface area contributed by atoms with Crippen LogP contribution in [0.4, 0.5) is 5.13 Å². The zero-order chi connectivity index (χ0) is 14.7. The number of anilines is 1. The number of thiazole rings is 1. The molecule has 20 heavy (non-hydrogen) atoms. The van der Waals surface area contributed by atoms with Gasteiger partial charge in [0.15, 0.2) is 5.13 Å². The Bertz CT molecular complexity index is 661. The summed E-state index contributed by atoms with van der Waals surface area (Å²) in [5.41, 5.74) is 8.84. The molecule has 0 unspecified atom stereocenters. The number of nitrogen functional groups attached to an aromatic ring is 1. The topological polar surface area (TPSA) is 70.1 Å². The van der Waals surface area contributed by atoms with E-state index in [1.807, 2.05) is 25.3 Å². The lowest BCUT2D eigenvalue weighted by molar-refractivity contribution is 0.189. The molecule has 2 aromatic heterocycles. The third-order valence-electron chi connectivity index (χ3n) is 3.21. The average molecular weight is 293 g/mol. The number of aromatic nitrogens is 2. The molecular weight excluding hydrogens is 274 g/mol. The normalized spacial score (nSPS) is 10.9. The second kappa shape index (κ2) is 6.19. The first kappa shape index (κ1) is 14.7. The summed E-state index contributed by atoms with van der Waals surface area (Å²) < 4.78 is 6.82. The molecule has 6 heteroatoms. The lowest BCUT2D eigenvalue weighted by atomic mass is 10.1. The SMILES string of the molecule is COCCCn1c(C)cc(C)c(-c2csc(N)n2)c1=O. The lowest BCUT2D eigenvalue weighted by Gasteiger charge is -2.13. The molecular formula is C14H19N3O2S. The molecule has 0 atom stereocenters. The molecule has 2 heterocycles. The third kappa shape index (κ3) is 2.91. The molecule has 2 aromatic rings. The van der Waals surface area contributed by atoms with Crippen molar-refractivity contribution < 1.29 is 4.74 Å². The van der Waals surface area contributed by atoms with Crippen LogP contribution in [0.2, 0.25) is 0 Å². The van der Waals surface area contributed by atoms with Crippen LogP contribution in [0.5, 0.6) is 0 Å². The molecule has 0 fully saturated rings.